The van der Waals surface area contributed by atoms with Crippen LogP contribution in [0.15, 0.2) is 12.1 Å². The summed E-state index contributed by atoms with van der Waals surface area (Å²) in [5.41, 5.74) is 0.973. The van der Waals surface area contributed by atoms with Gasteiger partial charge in [0.15, 0.2) is 0 Å². The topological polar surface area (TPSA) is 91.3 Å². The van der Waals surface area contributed by atoms with Crippen molar-refractivity contribution < 1.29 is 14.7 Å². The maximum atomic E-state index is 11.6. The van der Waals surface area contributed by atoms with Gasteiger partial charge in [-0.15, -0.1) is 0 Å². The first kappa shape index (κ1) is 15.3. The molecule has 0 aromatic carbocycles. The van der Waals surface area contributed by atoms with Crippen LogP contribution in [0.1, 0.15) is 48.7 Å². The molecular formula is C15H21N3O3. The van der Waals surface area contributed by atoms with E-state index in [1.54, 1.807) is 6.07 Å². The van der Waals surface area contributed by atoms with E-state index in [2.05, 4.69) is 15.6 Å². The minimum absolute atomic E-state index is 0.0215. The highest BCUT2D eigenvalue weighted by atomic mass is 16.4. The lowest BCUT2D eigenvalue weighted by Gasteiger charge is -2.09. The lowest BCUT2D eigenvalue weighted by Crippen LogP contribution is -2.27. The lowest BCUT2D eigenvalue weighted by molar-refractivity contribution is -0.120. The van der Waals surface area contributed by atoms with Crippen molar-refractivity contribution in [3.8, 4) is 0 Å². The van der Waals surface area contributed by atoms with E-state index in [1.807, 2.05) is 6.92 Å². The van der Waals surface area contributed by atoms with E-state index in [1.165, 1.54) is 6.07 Å². The van der Waals surface area contributed by atoms with Crippen LogP contribution in [0, 0.1) is 0 Å². The molecule has 0 unspecified atom stereocenters. The Morgan fingerprint density at radius 3 is 2.76 bits per heavy atom. The zero-order valence-electron chi connectivity index (χ0n) is 12.2. The predicted octanol–water partition coefficient (Wildman–Crippen LogP) is 1.81. The zero-order chi connectivity index (χ0) is 15.2. The number of carboxylic acid groups (broad SMARTS) is 1. The Kier molecular flexibility index (Phi) is 5.14. The van der Waals surface area contributed by atoms with Crippen LogP contribution in [0.4, 0.5) is 5.82 Å². The number of amides is 1. The van der Waals surface area contributed by atoms with Gasteiger partial charge in [0.25, 0.3) is 0 Å². The number of anilines is 1. The Bertz CT molecular complexity index is 527. The number of pyridine rings is 1. The van der Waals surface area contributed by atoms with Crippen LogP contribution in [0.5, 0.6) is 0 Å². The summed E-state index contributed by atoms with van der Waals surface area (Å²) in [5, 5.41) is 15.0. The summed E-state index contributed by atoms with van der Waals surface area (Å²) in [7, 11) is 0. The zero-order valence-corrected chi connectivity index (χ0v) is 12.2. The molecule has 0 radical (unpaired) electrons. The number of nitrogens with one attached hydrogen (secondary N) is 2. The minimum atomic E-state index is -0.968. The number of nitrogens with zero attached hydrogens (tertiary/aromatic N) is 1. The Hall–Kier alpha value is -2.11. The molecule has 1 aliphatic rings. The van der Waals surface area contributed by atoms with Crippen molar-refractivity contribution in [2.45, 2.75) is 45.1 Å². The molecular weight excluding hydrogens is 270 g/mol. The molecule has 114 valence electrons. The molecule has 0 aliphatic heterocycles. The van der Waals surface area contributed by atoms with Gasteiger partial charge in [0.05, 0.1) is 5.56 Å². The van der Waals surface area contributed by atoms with Crippen molar-refractivity contribution in [2.24, 2.45) is 0 Å². The van der Waals surface area contributed by atoms with Gasteiger partial charge in [-0.25, -0.2) is 9.78 Å². The molecule has 0 atom stereocenters. The molecule has 0 spiro atoms. The summed E-state index contributed by atoms with van der Waals surface area (Å²) >= 11 is 0. The molecule has 3 N–H and O–H groups in total. The van der Waals surface area contributed by atoms with Crippen LogP contribution >= 0.6 is 0 Å². The van der Waals surface area contributed by atoms with Gasteiger partial charge in [0.2, 0.25) is 5.91 Å². The van der Waals surface area contributed by atoms with E-state index in [-0.39, 0.29) is 11.5 Å². The van der Waals surface area contributed by atoms with E-state index in [4.69, 9.17) is 5.11 Å². The summed E-state index contributed by atoms with van der Waals surface area (Å²) in [5.74, 6) is -0.435. The van der Waals surface area contributed by atoms with E-state index in [0.717, 1.165) is 31.4 Å². The maximum Gasteiger partial charge on any atom is 0.335 e. The van der Waals surface area contributed by atoms with Crippen molar-refractivity contribution in [3.63, 3.8) is 0 Å². The van der Waals surface area contributed by atoms with Crippen molar-refractivity contribution in [1.29, 1.82) is 0 Å². The molecule has 0 saturated heterocycles. The van der Waals surface area contributed by atoms with Crippen LogP contribution in [-0.4, -0.2) is 34.6 Å². The van der Waals surface area contributed by atoms with Crippen molar-refractivity contribution in [2.75, 3.05) is 11.9 Å². The normalized spacial score (nSPS) is 13.8. The van der Waals surface area contributed by atoms with Gasteiger partial charge < -0.3 is 15.7 Å². The Morgan fingerprint density at radius 1 is 1.38 bits per heavy atom. The number of carboxylic acids is 1. The monoisotopic (exact) mass is 291 g/mol. The van der Waals surface area contributed by atoms with Crippen molar-refractivity contribution >= 4 is 17.7 Å². The maximum absolute atomic E-state index is 11.6. The molecule has 2 rings (SSSR count). The molecule has 0 bridgehead atoms. The number of rotatable bonds is 8. The number of hydrogen-bond acceptors (Lipinski definition) is 4. The Labute approximate surface area is 124 Å². The molecule has 1 saturated carbocycles. The Morgan fingerprint density at radius 2 is 2.14 bits per heavy atom. The third-order valence-corrected chi connectivity index (χ3v) is 3.23. The second kappa shape index (κ2) is 7.06. The number of carbonyl (C=O) groups excluding carboxylic acids is 1. The standard InChI is InChI=1S/C15H21N3O3/c1-2-3-12-8-10(15(20)21)9-13(17-12)16-7-6-14(19)18-11-4-5-11/h8-9,11H,2-7H2,1H3,(H,16,17)(H,18,19)(H,20,21). The van der Waals surface area contributed by atoms with Gasteiger partial charge in [-0.05, 0) is 31.4 Å². The quantitative estimate of drug-likeness (QED) is 0.679. The predicted molar refractivity (Wildman–Crippen MR) is 79.5 cm³/mol. The summed E-state index contributed by atoms with van der Waals surface area (Å²) in [4.78, 5) is 27.0. The lowest BCUT2D eigenvalue weighted by atomic mass is 10.1. The number of aromatic nitrogens is 1. The summed E-state index contributed by atoms with van der Waals surface area (Å²) in [6.07, 6.45) is 4.14. The second-order valence-corrected chi connectivity index (χ2v) is 5.31. The smallest absolute Gasteiger partial charge is 0.335 e. The Balaban J connectivity index is 1.90. The average Bonchev–Trinajstić information content (AvgIpc) is 3.22. The van der Waals surface area contributed by atoms with Gasteiger partial charge >= 0.3 is 5.97 Å². The largest absolute Gasteiger partial charge is 0.478 e. The third-order valence-electron chi connectivity index (χ3n) is 3.23. The van der Waals surface area contributed by atoms with Gasteiger partial charge in [0.1, 0.15) is 5.82 Å². The molecule has 6 heteroatoms. The SMILES string of the molecule is CCCc1cc(C(=O)O)cc(NCCC(=O)NC2CC2)n1. The second-order valence-electron chi connectivity index (χ2n) is 5.31. The van der Waals surface area contributed by atoms with Gasteiger partial charge in [0, 0.05) is 24.7 Å². The van der Waals surface area contributed by atoms with Crippen LogP contribution in [-0.2, 0) is 11.2 Å². The molecule has 1 aromatic rings. The molecule has 1 fully saturated rings. The minimum Gasteiger partial charge on any atom is -0.478 e. The molecule has 21 heavy (non-hydrogen) atoms. The van der Waals surface area contributed by atoms with E-state index in [9.17, 15) is 9.59 Å². The van der Waals surface area contributed by atoms with Crippen molar-refractivity contribution in [1.82, 2.24) is 10.3 Å². The first-order valence-corrected chi connectivity index (χ1v) is 7.36. The number of carbonyl (C=O) groups is 2. The number of aromatic carboxylic acids is 1. The first-order valence-electron chi connectivity index (χ1n) is 7.36. The first-order chi connectivity index (χ1) is 10.1. The van der Waals surface area contributed by atoms with E-state index < -0.39 is 5.97 Å². The summed E-state index contributed by atoms with van der Waals surface area (Å²) in [6.45, 7) is 2.46. The van der Waals surface area contributed by atoms with Gasteiger partial charge in [-0.3, -0.25) is 4.79 Å². The molecule has 1 heterocycles. The van der Waals surface area contributed by atoms with Crippen LogP contribution < -0.4 is 10.6 Å². The van der Waals surface area contributed by atoms with E-state index >= 15 is 0 Å². The number of hydrogen-bond donors (Lipinski definition) is 3. The average molecular weight is 291 g/mol. The number of aryl methyl sites for hydroxylation is 1. The summed E-state index contributed by atoms with van der Waals surface area (Å²) < 4.78 is 0. The molecule has 1 aromatic heterocycles. The highest BCUT2D eigenvalue weighted by Gasteiger charge is 2.22. The van der Waals surface area contributed by atoms with E-state index in [0.29, 0.717) is 24.8 Å². The summed E-state index contributed by atoms with van der Waals surface area (Å²) in [6, 6.07) is 3.46. The highest BCUT2D eigenvalue weighted by molar-refractivity contribution is 5.88. The van der Waals surface area contributed by atoms with Crippen LogP contribution in [0.25, 0.3) is 0 Å². The fourth-order valence-electron chi connectivity index (χ4n) is 2.02. The highest BCUT2D eigenvalue weighted by Crippen LogP contribution is 2.18. The molecule has 1 aliphatic carbocycles. The fourth-order valence-corrected chi connectivity index (χ4v) is 2.02. The van der Waals surface area contributed by atoms with Crippen molar-refractivity contribution in [3.05, 3.63) is 23.4 Å². The fraction of sp³-hybridized carbons (Fsp3) is 0.533. The molecule has 6 nitrogen and oxygen atoms in total. The molecule has 1 amide bonds. The van der Waals surface area contributed by atoms with Gasteiger partial charge in [-0.2, -0.15) is 0 Å². The third kappa shape index (κ3) is 5.06. The van der Waals surface area contributed by atoms with Crippen LogP contribution in [0.3, 0.4) is 0 Å². The van der Waals surface area contributed by atoms with Crippen LogP contribution in [0.2, 0.25) is 0 Å². The van der Waals surface area contributed by atoms with Gasteiger partial charge in [-0.1, -0.05) is 13.3 Å².